The van der Waals surface area contributed by atoms with Crippen molar-refractivity contribution in [1.82, 2.24) is 10.2 Å². The maximum absolute atomic E-state index is 12.3. The molecule has 1 N–H and O–H groups in total. The van der Waals surface area contributed by atoms with E-state index in [-0.39, 0.29) is 6.09 Å². The summed E-state index contributed by atoms with van der Waals surface area (Å²) < 4.78 is 5.54. The van der Waals surface area contributed by atoms with Gasteiger partial charge in [0.1, 0.15) is 5.60 Å². The van der Waals surface area contributed by atoms with E-state index in [1.165, 1.54) is 25.7 Å². The Morgan fingerprint density at radius 3 is 2.68 bits per heavy atom. The van der Waals surface area contributed by atoms with Crippen LogP contribution >= 0.6 is 0 Å². The molecule has 3 rings (SSSR count). The van der Waals surface area contributed by atoms with Crippen LogP contribution in [0.1, 0.15) is 65.7 Å². The van der Waals surface area contributed by atoms with E-state index in [2.05, 4.69) is 5.32 Å². The second kappa shape index (κ2) is 6.38. The molecule has 4 nitrogen and oxygen atoms in total. The molecule has 0 spiro atoms. The number of amides is 1. The van der Waals surface area contributed by atoms with Gasteiger partial charge in [0.2, 0.25) is 0 Å². The number of nitrogens with one attached hydrogen (secondary N) is 1. The van der Waals surface area contributed by atoms with Crippen molar-refractivity contribution in [2.45, 2.75) is 83.4 Å². The number of likely N-dealkylation sites (tertiary alicyclic amines) is 1. The molecule has 1 aliphatic heterocycles. The highest BCUT2D eigenvalue weighted by atomic mass is 16.6. The second-order valence-corrected chi connectivity index (χ2v) is 8.49. The van der Waals surface area contributed by atoms with E-state index < -0.39 is 5.60 Å². The average molecular weight is 308 g/mol. The lowest BCUT2D eigenvalue weighted by Gasteiger charge is -2.29. The molecule has 1 saturated heterocycles. The third kappa shape index (κ3) is 3.76. The van der Waals surface area contributed by atoms with Crippen molar-refractivity contribution < 1.29 is 9.53 Å². The summed E-state index contributed by atoms with van der Waals surface area (Å²) in [7, 11) is 0. The Morgan fingerprint density at radius 1 is 1.23 bits per heavy atom. The van der Waals surface area contributed by atoms with Crippen molar-refractivity contribution in [2.75, 3.05) is 13.1 Å². The first kappa shape index (κ1) is 16.1. The van der Waals surface area contributed by atoms with Gasteiger partial charge in [0.05, 0.1) is 0 Å². The van der Waals surface area contributed by atoms with E-state index in [4.69, 9.17) is 4.74 Å². The van der Waals surface area contributed by atoms with Crippen molar-refractivity contribution in [3.05, 3.63) is 0 Å². The number of nitrogens with zero attached hydrogens (tertiary/aromatic N) is 1. The Labute approximate surface area is 135 Å². The Morgan fingerprint density at radius 2 is 2.05 bits per heavy atom. The number of carbonyl (C=O) groups is 1. The maximum atomic E-state index is 12.3. The Hall–Kier alpha value is -0.770. The maximum Gasteiger partial charge on any atom is 0.410 e. The van der Waals surface area contributed by atoms with Gasteiger partial charge in [-0.3, -0.25) is 0 Å². The Balaban J connectivity index is 1.42. The van der Waals surface area contributed by atoms with E-state index in [1.807, 2.05) is 25.7 Å². The molecule has 2 aliphatic carbocycles. The van der Waals surface area contributed by atoms with E-state index in [9.17, 15) is 4.79 Å². The first-order valence-corrected chi connectivity index (χ1v) is 9.15. The van der Waals surface area contributed by atoms with Gasteiger partial charge < -0.3 is 15.0 Å². The van der Waals surface area contributed by atoms with Crippen LogP contribution in [-0.4, -0.2) is 41.8 Å². The fourth-order valence-electron chi connectivity index (χ4n) is 4.63. The van der Waals surface area contributed by atoms with E-state index in [0.717, 1.165) is 50.2 Å². The number of rotatable bonds is 4. The lowest BCUT2D eigenvalue weighted by molar-refractivity contribution is 0.0220. The molecule has 126 valence electrons. The summed E-state index contributed by atoms with van der Waals surface area (Å²) in [5, 5.41) is 3.77. The SMILES string of the molecule is CC(C)(C)OC(=O)N1CCCC1CCNC1CC2CCC1C2. The van der Waals surface area contributed by atoms with Crippen LogP contribution in [0.3, 0.4) is 0 Å². The molecule has 0 aromatic carbocycles. The van der Waals surface area contributed by atoms with Crippen molar-refractivity contribution in [1.29, 1.82) is 0 Å². The summed E-state index contributed by atoms with van der Waals surface area (Å²) >= 11 is 0. The largest absolute Gasteiger partial charge is 0.444 e. The van der Waals surface area contributed by atoms with Crippen LogP contribution < -0.4 is 5.32 Å². The predicted molar refractivity (Wildman–Crippen MR) is 87.8 cm³/mol. The lowest BCUT2D eigenvalue weighted by atomic mass is 9.95. The van der Waals surface area contributed by atoms with Gasteiger partial charge in [0.15, 0.2) is 0 Å². The van der Waals surface area contributed by atoms with Gasteiger partial charge in [0, 0.05) is 18.6 Å². The molecule has 0 radical (unpaired) electrons. The summed E-state index contributed by atoms with van der Waals surface area (Å²) in [5.74, 6) is 1.92. The third-order valence-corrected chi connectivity index (χ3v) is 5.63. The monoisotopic (exact) mass is 308 g/mol. The predicted octanol–water partition coefficient (Wildman–Crippen LogP) is 3.55. The summed E-state index contributed by atoms with van der Waals surface area (Å²) in [6.07, 6.45) is 8.88. The smallest absolute Gasteiger partial charge is 0.410 e. The second-order valence-electron chi connectivity index (χ2n) is 8.49. The molecule has 2 saturated carbocycles. The highest BCUT2D eigenvalue weighted by molar-refractivity contribution is 5.68. The van der Waals surface area contributed by atoms with Crippen LogP contribution in [0.2, 0.25) is 0 Å². The zero-order valence-electron chi connectivity index (χ0n) is 14.4. The Bertz CT molecular complexity index is 404. The highest BCUT2D eigenvalue weighted by Gasteiger charge is 2.39. The zero-order valence-corrected chi connectivity index (χ0v) is 14.4. The number of ether oxygens (including phenoxy) is 1. The van der Waals surface area contributed by atoms with Crippen LogP contribution in [-0.2, 0) is 4.74 Å². The average Bonchev–Trinajstić information content (AvgIpc) is 3.12. The van der Waals surface area contributed by atoms with Crippen LogP contribution in [0.25, 0.3) is 0 Å². The molecule has 22 heavy (non-hydrogen) atoms. The quantitative estimate of drug-likeness (QED) is 0.863. The molecule has 3 aliphatic rings. The normalized spacial score (nSPS) is 34.4. The van der Waals surface area contributed by atoms with Gasteiger partial charge in [-0.2, -0.15) is 0 Å². The van der Waals surface area contributed by atoms with Crippen LogP contribution in [0, 0.1) is 11.8 Å². The Kier molecular flexibility index (Phi) is 4.67. The van der Waals surface area contributed by atoms with E-state index in [1.54, 1.807) is 0 Å². The number of hydrogen-bond acceptors (Lipinski definition) is 3. The van der Waals surface area contributed by atoms with E-state index >= 15 is 0 Å². The molecular weight excluding hydrogens is 276 g/mol. The van der Waals surface area contributed by atoms with Gasteiger partial charge >= 0.3 is 6.09 Å². The summed E-state index contributed by atoms with van der Waals surface area (Å²) in [5.41, 5.74) is -0.397. The third-order valence-electron chi connectivity index (χ3n) is 5.63. The minimum absolute atomic E-state index is 0.130. The minimum atomic E-state index is -0.397. The molecule has 4 atom stereocenters. The molecule has 3 fully saturated rings. The van der Waals surface area contributed by atoms with Crippen LogP contribution in [0.15, 0.2) is 0 Å². The van der Waals surface area contributed by atoms with Gasteiger partial charge in [-0.25, -0.2) is 4.79 Å². The van der Waals surface area contributed by atoms with Gasteiger partial charge in [-0.15, -0.1) is 0 Å². The fourth-order valence-corrected chi connectivity index (χ4v) is 4.63. The molecule has 1 amide bonds. The molecule has 2 bridgehead atoms. The molecule has 0 aromatic rings. The number of fused-ring (bicyclic) bond motifs is 2. The van der Waals surface area contributed by atoms with Crippen molar-refractivity contribution in [3.63, 3.8) is 0 Å². The van der Waals surface area contributed by atoms with Gasteiger partial charge in [-0.1, -0.05) is 6.42 Å². The molecular formula is C18H32N2O2. The van der Waals surface area contributed by atoms with Gasteiger partial charge in [0.25, 0.3) is 0 Å². The lowest BCUT2D eigenvalue weighted by Crippen LogP contribution is -2.42. The van der Waals surface area contributed by atoms with Crippen LogP contribution in [0.5, 0.6) is 0 Å². The van der Waals surface area contributed by atoms with Crippen molar-refractivity contribution in [3.8, 4) is 0 Å². The molecule has 4 heteroatoms. The van der Waals surface area contributed by atoms with Crippen molar-refractivity contribution >= 4 is 6.09 Å². The van der Waals surface area contributed by atoms with Crippen LogP contribution in [0.4, 0.5) is 4.79 Å². The first-order chi connectivity index (χ1) is 10.4. The molecule has 1 heterocycles. The summed E-state index contributed by atoms with van der Waals surface area (Å²) in [6.45, 7) is 7.71. The number of hydrogen-bond donors (Lipinski definition) is 1. The molecule has 4 unspecified atom stereocenters. The topological polar surface area (TPSA) is 41.6 Å². The fraction of sp³-hybridized carbons (Fsp3) is 0.944. The van der Waals surface area contributed by atoms with Gasteiger partial charge in [-0.05, 0) is 77.7 Å². The first-order valence-electron chi connectivity index (χ1n) is 9.15. The number of carbonyl (C=O) groups excluding carboxylic acids is 1. The minimum Gasteiger partial charge on any atom is -0.444 e. The molecule has 0 aromatic heterocycles. The van der Waals surface area contributed by atoms with Crippen molar-refractivity contribution in [2.24, 2.45) is 11.8 Å². The summed E-state index contributed by atoms with van der Waals surface area (Å²) in [4.78, 5) is 14.2. The zero-order chi connectivity index (χ0) is 15.7. The summed E-state index contributed by atoms with van der Waals surface area (Å²) in [6, 6.07) is 1.11. The van der Waals surface area contributed by atoms with E-state index in [0.29, 0.717) is 6.04 Å². The highest BCUT2D eigenvalue weighted by Crippen LogP contribution is 2.44. The standard InChI is InChI=1S/C18H32N2O2/c1-18(2,3)22-17(21)20-10-4-5-15(20)8-9-19-16-12-13-6-7-14(16)11-13/h13-16,19H,4-12H2,1-3H3.